The maximum absolute atomic E-state index is 12.7. The Labute approximate surface area is 169 Å². The van der Waals surface area contributed by atoms with Crippen LogP contribution in [0.2, 0.25) is 0 Å². The number of hydrogen-bond donors (Lipinski definition) is 0. The molecule has 1 saturated heterocycles. The fourth-order valence-corrected chi connectivity index (χ4v) is 3.87. The summed E-state index contributed by atoms with van der Waals surface area (Å²) in [7, 11) is 0. The third-order valence-corrected chi connectivity index (χ3v) is 5.43. The number of piperidine rings is 1. The Bertz CT molecular complexity index is 711. The van der Waals surface area contributed by atoms with Crippen molar-refractivity contribution in [2.24, 2.45) is 0 Å². The molecule has 4 heteroatoms. The van der Waals surface area contributed by atoms with E-state index in [2.05, 4.69) is 59.2 Å². The second kappa shape index (κ2) is 10.5. The first kappa shape index (κ1) is 21.5. The minimum absolute atomic E-state index is 0. The number of halogens is 1. The van der Waals surface area contributed by atoms with E-state index in [-0.39, 0.29) is 18.3 Å². The lowest BCUT2D eigenvalue weighted by molar-refractivity contribution is -0.119. The average Bonchev–Trinajstić information content (AvgIpc) is 2.69. The van der Waals surface area contributed by atoms with Gasteiger partial charge in [0.15, 0.2) is 0 Å². The van der Waals surface area contributed by atoms with Crippen LogP contribution in [-0.4, -0.2) is 36.5 Å². The van der Waals surface area contributed by atoms with E-state index >= 15 is 0 Å². The highest BCUT2D eigenvalue weighted by atomic mass is 35.5. The summed E-state index contributed by atoms with van der Waals surface area (Å²) in [5.41, 5.74) is 3.67. The van der Waals surface area contributed by atoms with E-state index in [1.54, 1.807) is 0 Å². The molecule has 2 aromatic carbocycles. The van der Waals surface area contributed by atoms with E-state index in [1.807, 2.05) is 19.1 Å². The van der Waals surface area contributed by atoms with Crippen LogP contribution in [0.1, 0.15) is 37.3 Å². The smallest absolute Gasteiger partial charge is 0.226 e. The second-order valence-corrected chi connectivity index (χ2v) is 7.21. The van der Waals surface area contributed by atoms with E-state index < -0.39 is 0 Å². The molecule has 0 bridgehead atoms. The number of aryl methyl sites for hydroxylation is 1. The van der Waals surface area contributed by atoms with Crippen molar-refractivity contribution in [2.75, 3.05) is 24.5 Å². The van der Waals surface area contributed by atoms with Crippen molar-refractivity contribution in [2.45, 2.75) is 45.6 Å². The summed E-state index contributed by atoms with van der Waals surface area (Å²) in [4.78, 5) is 17.3. The Hall–Kier alpha value is -1.84. The van der Waals surface area contributed by atoms with Crippen LogP contribution in [0.15, 0.2) is 54.6 Å². The molecule has 0 spiro atoms. The molecule has 1 amide bonds. The molecule has 0 aromatic heterocycles. The largest absolute Gasteiger partial charge is 0.309 e. The van der Waals surface area contributed by atoms with Crippen molar-refractivity contribution >= 4 is 24.0 Å². The number of carbonyl (C=O) groups is 1. The van der Waals surface area contributed by atoms with Crippen LogP contribution in [0.3, 0.4) is 0 Å². The Kier molecular flexibility index (Phi) is 8.33. The zero-order valence-corrected chi connectivity index (χ0v) is 17.3. The van der Waals surface area contributed by atoms with Crippen LogP contribution >= 0.6 is 12.4 Å². The summed E-state index contributed by atoms with van der Waals surface area (Å²) in [6.45, 7) is 7.29. The minimum Gasteiger partial charge on any atom is -0.309 e. The van der Waals surface area contributed by atoms with Gasteiger partial charge < -0.3 is 9.80 Å². The molecular formula is C23H31ClN2O. The highest BCUT2D eigenvalue weighted by Gasteiger charge is 2.28. The van der Waals surface area contributed by atoms with Gasteiger partial charge in [0.2, 0.25) is 5.91 Å². The van der Waals surface area contributed by atoms with Gasteiger partial charge in [-0.2, -0.15) is 0 Å². The van der Waals surface area contributed by atoms with Gasteiger partial charge in [0.05, 0.1) is 0 Å². The van der Waals surface area contributed by atoms with Crippen molar-refractivity contribution in [3.8, 4) is 0 Å². The lowest BCUT2D eigenvalue weighted by Gasteiger charge is -2.39. The number of para-hydroxylation sites is 1. The summed E-state index contributed by atoms with van der Waals surface area (Å²) < 4.78 is 0. The molecule has 2 aromatic rings. The van der Waals surface area contributed by atoms with Crippen LogP contribution in [-0.2, 0) is 11.2 Å². The monoisotopic (exact) mass is 386 g/mol. The average molecular weight is 387 g/mol. The molecule has 146 valence electrons. The van der Waals surface area contributed by atoms with Gasteiger partial charge in [-0.05, 0) is 43.4 Å². The second-order valence-electron chi connectivity index (χ2n) is 7.21. The number of likely N-dealkylation sites (tertiary alicyclic amines) is 1. The predicted octanol–water partition coefficient (Wildman–Crippen LogP) is 4.87. The highest BCUT2D eigenvalue weighted by Crippen LogP contribution is 2.27. The Morgan fingerprint density at radius 1 is 1.04 bits per heavy atom. The van der Waals surface area contributed by atoms with Crippen molar-refractivity contribution in [1.29, 1.82) is 0 Å². The van der Waals surface area contributed by atoms with Crippen LogP contribution in [0.25, 0.3) is 0 Å². The van der Waals surface area contributed by atoms with E-state index in [0.717, 1.165) is 44.6 Å². The summed E-state index contributed by atoms with van der Waals surface area (Å²) in [6.07, 6.45) is 3.76. The Balaban J connectivity index is 0.00000261. The molecule has 0 radical (unpaired) electrons. The predicted molar refractivity (Wildman–Crippen MR) is 116 cm³/mol. The van der Waals surface area contributed by atoms with E-state index in [9.17, 15) is 4.79 Å². The van der Waals surface area contributed by atoms with E-state index in [0.29, 0.717) is 12.5 Å². The molecule has 1 aliphatic heterocycles. The summed E-state index contributed by atoms with van der Waals surface area (Å²) in [6, 6.07) is 19.3. The summed E-state index contributed by atoms with van der Waals surface area (Å²) in [5.74, 6) is 0.238. The number of nitrogens with zero attached hydrogens (tertiary/aromatic N) is 2. The van der Waals surface area contributed by atoms with Gasteiger partial charge in [0.25, 0.3) is 0 Å². The standard InChI is InChI=1S/C23H30N2O.ClH/c1-3-23(26)25(22-12-8-7-9-19(22)2)21-14-17-24(18-15-21)16-13-20-10-5-4-6-11-20;/h4-12,21H,3,13-18H2,1-2H3;1H. The normalized spacial score (nSPS) is 15.2. The third kappa shape index (κ3) is 5.57. The SMILES string of the molecule is CCC(=O)N(c1ccccc1C)C1CCN(CCc2ccccc2)CC1.Cl. The zero-order chi connectivity index (χ0) is 18.4. The molecule has 27 heavy (non-hydrogen) atoms. The molecule has 0 unspecified atom stereocenters. The van der Waals surface area contributed by atoms with Gasteiger partial charge in [0, 0.05) is 37.8 Å². The van der Waals surface area contributed by atoms with Crippen molar-refractivity contribution in [1.82, 2.24) is 4.90 Å². The first-order chi connectivity index (χ1) is 12.7. The molecule has 1 fully saturated rings. The number of anilines is 1. The van der Waals surface area contributed by atoms with Crippen LogP contribution in [0.4, 0.5) is 5.69 Å². The fourth-order valence-electron chi connectivity index (χ4n) is 3.87. The molecule has 0 atom stereocenters. The van der Waals surface area contributed by atoms with Gasteiger partial charge in [-0.1, -0.05) is 55.5 Å². The lowest BCUT2D eigenvalue weighted by Crippen LogP contribution is -2.48. The molecule has 0 saturated carbocycles. The quantitative estimate of drug-likeness (QED) is 0.707. The minimum atomic E-state index is 0. The van der Waals surface area contributed by atoms with E-state index in [4.69, 9.17) is 0 Å². The van der Waals surface area contributed by atoms with Crippen molar-refractivity contribution in [3.05, 3.63) is 65.7 Å². The maximum Gasteiger partial charge on any atom is 0.226 e. The van der Waals surface area contributed by atoms with E-state index in [1.165, 1.54) is 11.1 Å². The first-order valence-corrected chi connectivity index (χ1v) is 9.83. The van der Waals surface area contributed by atoms with Gasteiger partial charge in [0.1, 0.15) is 0 Å². The summed E-state index contributed by atoms with van der Waals surface area (Å²) >= 11 is 0. The van der Waals surface area contributed by atoms with Crippen LogP contribution < -0.4 is 4.90 Å². The highest BCUT2D eigenvalue weighted by molar-refractivity contribution is 5.94. The van der Waals surface area contributed by atoms with Crippen LogP contribution in [0, 0.1) is 6.92 Å². The maximum atomic E-state index is 12.7. The fraction of sp³-hybridized carbons (Fsp3) is 0.435. The van der Waals surface area contributed by atoms with Gasteiger partial charge in [-0.15, -0.1) is 12.4 Å². The van der Waals surface area contributed by atoms with Gasteiger partial charge in [-0.25, -0.2) is 0 Å². The number of rotatable bonds is 6. The molecule has 1 aliphatic rings. The first-order valence-electron chi connectivity index (χ1n) is 9.83. The van der Waals surface area contributed by atoms with Gasteiger partial charge in [-0.3, -0.25) is 4.79 Å². The Morgan fingerprint density at radius 2 is 1.67 bits per heavy atom. The molecule has 0 N–H and O–H groups in total. The summed E-state index contributed by atoms with van der Waals surface area (Å²) in [5, 5.41) is 0. The Morgan fingerprint density at radius 3 is 2.30 bits per heavy atom. The number of carbonyl (C=O) groups excluding carboxylic acids is 1. The topological polar surface area (TPSA) is 23.6 Å². The molecule has 0 aliphatic carbocycles. The number of hydrogen-bond acceptors (Lipinski definition) is 2. The zero-order valence-electron chi connectivity index (χ0n) is 16.4. The number of amides is 1. The molecule has 3 nitrogen and oxygen atoms in total. The van der Waals surface area contributed by atoms with Gasteiger partial charge >= 0.3 is 0 Å². The van der Waals surface area contributed by atoms with Crippen LogP contribution in [0.5, 0.6) is 0 Å². The third-order valence-electron chi connectivity index (χ3n) is 5.43. The van der Waals surface area contributed by atoms with Crippen molar-refractivity contribution < 1.29 is 4.79 Å². The molecule has 1 heterocycles. The molecule has 3 rings (SSSR count). The van der Waals surface area contributed by atoms with Crippen molar-refractivity contribution in [3.63, 3.8) is 0 Å². The molecular weight excluding hydrogens is 356 g/mol. The number of benzene rings is 2. The lowest BCUT2D eigenvalue weighted by atomic mass is 10.00.